The van der Waals surface area contributed by atoms with Crippen molar-refractivity contribution in [3.8, 4) is 0 Å². The van der Waals surface area contributed by atoms with E-state index in [1.54, 1.807) is 12.1 Å². The van der Waals surface area contributed by atoms with Gasteiger partial charge in [0.1, 0.15) is 5.82 Å². The van der Waals surface area contributed by atoms with Gasteiger partial charge in [0.2, 0.25) is 0 Å². The highest BCUT2D eigenvalue weighted by molar-refractivity contribution is 6.30. The molecule has 1 atom stereocenters. The van der Waals surface area contributed by atoms with Gasteiger partial charge in [-0.15, -0.1) is 11.6 Å². The van der Waals surface area contributed by atoms with Crippen molar-refractivity contribution in [2.45, 2.75) is 19.5 Å². The second-order valence-electron chi connectivity index (χ2n) is 3.67. The number of rotatable bonds is 4. The van der Waals surface area contributed by atoms with Crippen LogP contribution in [-0.2, 0) is 6.54 Å². The zero-order valence-electron chi connectivity index (χ0n) is 8.80. The summed E-state index contributed by atoms with van der Waals surface area (Å²) < 4.78 is 12.9. The number of alkyl halides is 1. The molecule has 0 heterocycles. The van der Waals surface area contributed by atoms with Crippen LogP contribution in [0.25, 0.3) is 0 Å². The van der Waals surface area contributed by atoms with Crippen LogP contribution in [0.2, 0.25) is 5.02 Å². The van der Waals surface area contributed by atoms with Gasteiger partial charge in [0.25, 0.3) is 0 Å². The first-order valence-electron chi connectivity index (χ1n) is 4.74. The number of benzene rings is 1. The van der Waals surface area contributed by atoms with Crippen molar-refractivity contribution in [1.82, 2.24) is 4.90 Å². The third-order valence-electron chi connectivity index (χ3n) is 2.39. The molecule has 1 aromatic carbocycles. The quantitative estimate of drug-likeness (QED) is 0.739. The minimum atomic E-state index is -0.381. The van der Waals surface area contributed by atoms with E-state index in [0.29, 0.717) is 12.4 Å². The molecule has 1 aromatic rings. The van der Waals surface area contributed by atoms with E-state index >= 15 is 0 Å². The number of halogens is 3. The van der Waals surface area contributed by atoms with E-state index in [2.05, 4.69) is 4.90 Å². The fraction of sp³-hybridized carbons (Fsp3) is 0.455. The van der Waals surface area contributed by atoms with Gasteiger partial charge >= 0.3 is 0 Å². The maximum Gasteiger partial charge on any atom is 0.141 e. The first-order valence-corrected chi connectivity index (χ1v) is 5.66. The highest BCUT2D eigenvalue weighted by Crippen LogP contribution is 2.17. The first-order chi connectivity index (χ1) is 7.04. The minimum Gasteiger partial charge on any atom is -0.298 e. The Morgan fingerprint density at radius 3 is 2.67 bits per heavy atom. The van der Waals surface area contributed by atoms with Crippen LogP contribution in [-0.4, -0.2) is 23.9 Å². The summed E-state index contributed by atoms with van der Waals surface area (Å²) in [4.78, 5) is 2.09. The van der Waals surface area contributed by atoms with Crippen LogP contribution in [0.1, 0.15) is 12.5 Å². The van der Waals surface area contributed by atoms with Gasteiger partial charge in [-0.25, -0.2) is 4.39 Å². The fourth-order valence-corrected chi connectivity index (χ4v) is 1.64. The molecule has 4 heteroatoms. The van der Waals surface area contributed by atoms with E-state index in [0.717, 1.165) is 5.56 Å². The smallest absolute Gasteiger partial charge is 0.141 e. The largest absolute Gasteiger partial charge is 0.298 e. The second-order valence-corrected chi connectivity index (χ2v) is 4.38. The van der Waals surface area contributed by atoms with E-state index in [9.17, 15) is 4.39 Å². The molecule has 1 rings (SSSR count). The molecule has 1 unspecified atom stereocenters. The number of nitrogens with zero attached hydrogens (tertiary/aromatic N) is 1. The van der Waals surface area contributed by atoms with E-state index in [4.69, 9.17) is 23.2 Å². The molecule has 0 aliphatic rings. The Balaban J connectivity index is 2.68. The van der Waals surface area contributed by atoms with Crippen LogP contribution in [0.15, 0.2) is 18.2 Å². The Hall–Kier alpha value is -0.310. The molecule has 1 nitrogen and oxygen atoms in total. The van der Waals surface area contributed by atoms with E-state index in [1.165, 1.54) is 6.07 Å². The molecular weight excluding hydrogens is 236 g/mol. The molecular formula is C11H14Cl2FN. The second kappa shape index (κ2) is 5.69. The van der Waals surface area contributed by atoms with Crippen molar-refractivity contribution in [3.63, 3.8) is 0 Å². The molecule has 0 saturated carbocycles. The van der Waals surface area contributed by atoms with Crippen LogP contribution in [0, 0.1) is 5.82 Å². The molecule has 0 aromatic heterocycles. The molecule has 0 spiro atoms. The average Bonchev–Trinajstić information content (AvgIpc) is 2.22. The summed E-state index contributed by atoms with van der Waals surface area (Å²) in [7, 11) is 1.98. The summed E-state index contributed by atoms with van der Waals surface area (Å²) in [5, 5.41) is 0.166. The summed E-state index contributed by atoms with van der Waals surface area (Å²) in [6.45, 7) is 2.76. The van der Waals surface area contributed by atoms with Crippen LogP contribution in [0.4, 0.5) is 4.39 Å². The van der Waals surface area contributed by atoms with Crippen LogP contribution >= 0.6 is 23.2 Å². The highest BCUT2D eigenvalue weighted by Gasteiger charge is 2.09. The van der Waals surface area contributed by atoms with Crippen molar-refractivity contribution in [2.24, 2.45) is 0 Å². The van der Waals surface area contributed by atoms with Crippen LogP contribution in [0.3, 0.4) is 0 Å². The molecule has 0 saturated heterocycles. The molecule has 0 radical (unpaired) electrons. The lowest BCUT2D eigenvalue weighted by atomic mass is 10.2. The van der Waals surface area contributed by atoms with E-state index < -0.39 is 0 Å². The minimum absolute atomic E-state index is 0.166. The third-order valence-corrected chi connectivity index (χ3v) is 3.13. The fourth-order valence-electron chi connectivity index (χ4n) is 1.20. The van der Waals surface area contributed by atoms with E-state index in [-0.39, 0.29) is 16.9 Å². The lowest BCUT2D eigenvalue weighted by molar-refractivity contribution is 0.268. The predicted molar refractivity (Wildman–Crippen MR) is 63.1 cm³/mol. The Kier molecular flexibility index (Phi) is 4.84. The van der Waals surface area contributed by atoms with Gasteiger partial charge in [-0.1, -0.05) is 17.7 Å². The van der Waals surface area contributed by atoms with Gasteiger partial charge in [-0.2, -0.15) is 0 Å². The number of hydrogen-bond donors (Lipinski definition) is 0. The molecule has 0 fully saturated rings. The van der Waals surface area contributed by atoms with Gasteiger partial charge in [0.15, 0.2) is 0 Å². The molecule has 0 amide bonds. The van der Waals surface area contributed by atoms with Gasteiger partial charge < -0.3 is 0 Å². The van der Waals surface area contributed by atoms with Crippen molar-refractivity contribution >= 4 is 23.2 Å². The zero-order valence-corrected chi connectivity index (χ0v) is 10.3. The number of hydrogen-bond acceptors (Lipinski definition) is 1. The van der Waals surface area contributed by atoms with Gasteiger partial charge in [0.05, 0.1) is 5.02 Å². The van der Waals surface area contributed by atoms with Crippen LogP contribution in [0.5, 0.6) is 0 Å². The predicted octanol–water partition coefficient (Wildman–Crippen LogP) is 3.54. The monoisotopic (exact) mass is 249 g/mol. The lowest BCUT2D eigenvalue weighted by Gasteiger charge is -2.22. The first kappa shape index (κ1) is 12.8. The topological polar surface area (TPSA) is 3.24 Å². The molecule has 84 valence electrons. The highest BCUT2D eigenvalue weighted by atomic mass is 35.5. The molecule has 0 aliphatic heterocycles. The summed E-state index contributed by atoms with van der Waals surface area (Å²) >= 11 is 11.4. The lowest BCUT2D eigenvalue weighted by Crippen LogP contribution is -2.29. The Morgan fingerprint density at radius 1 is 1.47 bits per heavy atom. The SMILES string of the molecule is CC(CCl)N(C)Cc1ccc(F)c(Cl)c1. The Labute approximate surface area is 99.8 Å². The summed E-state index contributed by atoms with van der Waals surface area (Å²) in [5.41, 5.74) is 0.987. The Morgan fingerprint density at radius 2 is 2.13 bits per heavy atom. The van der Waals surface area contributed by atoms with Crippen LogP contribution < -0.4 is 0 Å². The molecule has 0 N–H and O–H groups in total. The van der Waals surface area contributed by atoms with E-state index in [1.807, 2.05) is 14.0 Å². The van der Waals surface area contributed by atoms with Crippen molar-refractivity contribution in [2.75, 3.05) is 12.9 Å². The molecule has 0 bridgehead atoms. The third kappa shape index (κ3) is 3.63. The van der Waals surface area contributed by atoms with Gasteiger partial charge in [0, 0.05) is 18.5 Å². The van der Waals surface area contributed by atoms with Gasteiger partial charge in [-0.05, 0) is 31.7 Å². The van der Waals surface area contributed by atoms with Crippen molar-refractivity contribution in [3.05, 3.63) is 34.6 Å². The summed E-state index contributed by atoms with van der Waals surface area (Å²) in [5.74, 6) is 0.194. The maximum absolute atomic E-state index is 12.9. The van der Waals surface area contributed by atoms with Crippen molar-refractivity contribution in [1.29, 1.82) is 0 Å². The standard InChI is InChI=1S/C11H14Cl2FN/c1-8(6-12)15(2)7-9-3-4-11(14)10(13)5-9/h3-5,8H,6-7H2,1-2H3. The maximum atomic E-state index is 12.9. The molecule has 0 aliphatic carbocycles. The Bertz CT molecular complexity index is 330. The zero-order chi connectivity index (χ0) is 11.4. The van der Waals surface area contributed by atoms with Crippen molar-refractivity contribution < 1.29 is 4.39 Å². The normalized spacial score (nSPS) is 13.2. The average molecular weight is 250 g/mol. The van der Waals surface area contributed by atoms with Gasteiger partial charge in [-0.3, -0.25) is 4.90 Å². The molecule has 15 heavy (non-hydrogen) atoms. The summed E-state index contributed by atoms with van der Waals surface area (Å²) in [6, 6.07) is 5.06. The summed E-state index contributed by atoms with van der Waals surface area (Å²) in [6.07, 6.45) is 0.